The van der Waals surface area contributed by atoms with Crippen molar-refractivity contribution in [1.82, 2.24) is 15.3 Å². The van der Waals surface area contributed by atoms with Gasteiger partial charge in [0.2, 0.25) is 11.8 Å². The van der Waals surface area contributed by atoms with Gasteiger partial charge in [0.05, 0.1) is 6.20 Å². The Morgan fingerprint density at radius 2 is 2.04 bits per heavy atom. The van der Waals surface area contributed by atoms with Crippen molar-refractivity contribution in [3.8, 4) is 0 Å². The number of oxazole rings is 1. The number of amides is 1. The van der Waals surface area contributed by atoms with Crippen LogP contribution in [0.1, 0.15) is 23.6 Å². The third-order valence-corrected chi connectivity index (χ3v) is 6.70. The van der Waals surface area contributed by atoms with Crippen LogP contribution in [0.2, 0.25) is 19.6 Å². The first-order chi connectivity index (χ1) is 11.9. The van der Waals surface area contributed by atoms with Gasteiger partial charge < -0.3 is 15.1 Å². The van der Waals surface area contributed by atoms with Crippen molar-refractivity contribution in [2.24, 2.45) is 5.92 Å². The van der Waals surface area contributed by atoms with E-state index in [1.54, 1.807) is 6.20 Å². The largest absolute Gasteiger partial charge is 0.447 e. The molecule has 0 radical (unpaired) electrons. The number of piperidine rings is 1. The molecular formula is C17H24N4O2SSi. The summed E-state index contributed by atoms with van der Waals surface area (Å²) in [4.78, 5) is 21.8. The Kier molecular flexibility index (Phi) is 5.50. The van der Waals surface area contributed by atoms with Crippen molar-refractivity contribution in [2.45, 2.75) is 32.5 Å². The van der Waals surface area contributed by atoms with Gasteiger partial charge in [-0.1, -0.05) is 31.0 Å². The average molecular weight is 377 g/mol. The topological polar surface area (TPSA) is 80.0 Å². The normalized spacial score (nSPS) is 16.4. The van der Waals surface area contributed by atoms with Gasteiger partial charge in [0.15, 0.2) is 5.13 Å². The van der Waals surface area contributed by atoms with Crippen LogP contribution in [0.3, 0.4) is 0 Å². The second-order valence-electron chi connectivity index (χ2n) is 7.23. The fourth-order valence-electron chi connectivity index (χ4n) is 2.58. The summed E-state index contributed by atoms with van der Waals surface area (Å²) in [6, 6.07) is 0. The molecule has 3 rings (SSSR count). The third-order valence-electron chi connectivity index (χ3n) is 4.12. The standard InChI is InChI=1S/C17H24N4O2SSi/c1-25(2,3)15-11-19-14(23-15)5-4-13-10-20-17(24-13)21-16(22)12-6-8-18-9-7-12/h4-5,10-12,18H,6-9H2,1-3H3,(H,20,21,22)/b5-4+. The molecule has 0 atom stereocenters. The van der Waals surface area contributed by atoms with Crippen molar-refractivity contribution in [3.63, 3.8) is 0 Å². The number of thiazole rings is 1. The van der Waals surface area contributed by atoms with Crippen LogP contribution in [0, 0.1) is 5.92 Å². The van der Waals surface area contributed by atoms with Crippen molar-refractivity contribution in [3.05, 3.63) is 23.2 Å². The van der Waals surface area contributed by atoms with Crippen LogP contribution in [-0.2, 0) is 4.79 Å². The zero-order valence-corrected chi connectivity index (χ0v) is 16.7. The first-order valence-electron chi connectivity index (χ1n) is 8.53. The predicted octanol–water partition coefficient (Wildman–Crippen LogP) is 2.78. The maximum atomic E-state index is 12.2. The molecule has 1 amide bonds. The van der Waals surface area contributed by atoms with E-state index in [1.165, 1.54) is 11.3 Å². The molecule has 1 fully saturated rings. The Bertz CT molecular complexity index is 757. The Morgan fingerprint density at radius 3 is 2.72 bits per heavy atom. The van der Waals surface area contributed by atoms with Crippen molar-refractivity contribution < 1.29 is 9.21 Å². The predicted molar refractivity (Wildman–Crippen MR) is 105 cm³/mol. The molecule has 0 aliphatic carbocycles. The Balaban J connectivity index is 1.59. The van der Waals surface area contributed by atoms with E-state index in [2.05, 4.69) is 40.2 Å². The van der Waals surface area contributed by atoms with Crippen molar-refractivity contribution in [2.75, 3.05) is 18.4 Å². The minimum absolute atomic E-state index is 0.0684. The van der Waals surface area contributed by atoms with Gasteiger partial charge in [0.25, 0.3) is 0 Å². The lowest BCUT2D eigenvalue weighted by Crippen LogP contribution is -2.36. The van der Waals surface area contributed by atoms with Gasteiger partial charge in [-0.2, -0.15) is 0 Å². The molecule has 3 heterocycles. The molecule has 1 aliphatic rings. The lowest BCUT2D eigenvalue weighted by atomic mass is 9.97. The van der Waals surface area contributed by atoms with E-state index in [4.69, 9.17) is 4.42 Å². The number of anilines is 1. The van der Waals surface area contributed by atoms with Crippen LogP contribution in [0.4, 0.5) is 5.13 Å². The van der Waals surface area contributed by atoms with Crippen LogP contribution >= 0.6 is 11.3 Å². The Morgan fingerprint density at radius 1 is 1.28 bits per heavy atom. The highest BCUT2D eigenvalue weighted by atomic mass is 32.1. The van der Waals surface area contributed by atoms with Crippen LogP contribution in [0.15, 0.2) is 16.8 Å². The molecule has 25 heavy (non-hydrogen) atoms. The molecule has 0 aromatic carbocycles. The maximum Gasteiger partial charge on any atom is 0.229 e. The molecule has 0 bridgehead atoms. The fraction of sp³-hybridized carbons (Fsp3) is 0.471. The fourth-order valence-corrected chi connectivity index (χ4v) is 4.16. The molecule has 2 aromatic rings. The molecule has 2 aromatic heterocycles. The number of carbonyl (C=O) groups excluding carboxylic acids is 1. The summed E-state index contributed by atoms with van der Waals surface area (Å²) in [5.74, 6) is 0.751. The summed E-state index contributed by atoms with van der Waals surface area (Å²) in [7, 11) is -1.48. The molecule has 0 unspecified atom stereocenters. The molecule has 1 aliphatic heterocycles. The molecule has 2 N–H and O–H groups in total. The average Bonchev–Trinajstić information content (AvgIpc) is 3.22. The maximum absolute atomic E-state index is 12.2. The molecule has 0 saturated carbocycles. The Hall–Kier alpha value is -1.77. The van der Waals surface area contributed by atoms with Gasteiger partial charge in [0, 0.05) is 23.1 Å². The number of rotatable bonds is 5. The van der Waals surface area contributed by atoms with Crippen LogP contribution < -0.4 is 16.0 Å². The monoisotopic (exact) mass is 376 g/mol. The first kappa shape index (κ1) is 18.0. The zero-order chi connectivity index (χ0) is 17.9. The minimum Gasteiger partial charge on any atom is -0.447 e. The second-order valence-corrected chi connectivity index (χ2v) is 13.3. The summed E-state index contributed by atoms with van der Waals surface area (Å²) in [6.07, 6.45) is 9.10. The molecule has 0 spiro atoms. The highest BCUT2D eigenvalue weighted by molar-refractivity contribution is 7.16. The minimum atomic E-state index is -1.48. The summed E-state index contributed by atoms with van der Waals surface area (Å²) in [5, 5.41) is 7.82. The third kappa shape index (κ3) is 4.87. The smallest absolute Gasteiger partial charge is 0.229 e. The lowest BCUT2D eigenvalue weighted by Gasteiger charge is -2.20. The first-order valence-corrected chi connectivity index (χ1v) is 12.9. The van der Waals surface area contributed by atoms with Gasteiger partial charge in [-0.15, -0.1) is 0 Å². The quantitative estimate of drug-likeness (QED) is 0.785. The highest BCUT2D eigenvalue weighted by Crippen LogP contribution is 2.22. The molecule has 1 saturated heterocycles. The molecule has 8 heteroatoms. The van der Waals surface area contributed by atoms with Gasteiger partial charge >= 0.3 is 0 Å². The number of nitrogens with one attached hydrogen (secondary N) is 2. The molecule has 134 valence electrons. The van der Waals surface area contributed by atoms with E-state index in [0.29, 0.717) is 11.0 Å². The number of aromatic nitrogens is 2. The van der Waals surface area contributed by atoms with Gasteiger partial charge in [-0.25, -0.2) is 9.97 Å². The summed E-state index contributed by atoms with van der Waals surface area (Å²) >= 11 is 1.45. The molecular weight excluding hydrogens is 352 g/mol. The van der Waals surface area contributed by atoms with E-state index in [9.17, 15) is 4.79 Å². The van der Waals surface area contributed by atoms with Crippen LogP contribution in [-0.4, -0.2) is 37.0 Å². The van der Waals surface area contributed by atoms with E-state index >= 15 is 0 Å². The summed E-state index contributed by atoms with van der Waals surface area (Å²) in [5.41, 5.74) is 0. The SMILES string of the molecule is C[Si](C)(C)c1cnc(/C=C/c2cnc(NC(=O)C3CCNCC3)s2)o1. The van der Waals surface area contributed by atoms with Gasteiger partial charge in [-0.05, 0) is 32.0 Å². The summed E-state index contributed by atoms with van der Waals surface area (Å²) < 4.78 is 5.79. The van der Waals surface area contributed by atoms with Crippen LogP contribution in [0.25, 0.3) is 12.2 Å². The van der Waals surface area contributed by atoms with E-state index < -0.39 is 8.07 Å². The van der Waals surface area contributed by atoms with E-state index in [-0.39, 0.29) is 11.8 Å². The second kappa shape index (κ2) is 7.63. The molecule has 6 nitrogen and oxygen atoms in total. The van der Waals surface area contributed by atoms with Crippen molar-refractivity contribution in [1.29, 1.82) is 0 Å². The number of hydrogen-bond donors (Lipinski definition) is 2. The highest BCUT2D eigenvalue weighted by Gasteiger charge is 2.22. The lowest BCUT2D eigenvalue weighted by molar-refractivity contribution is -0.120. The number of carbonyl (C=O) groups is 1. The number of hydrogen-bond acceptors (Lipinski definition) is 6. The number of nitrogens with zero attached hydrogens (tertiary/aromatic N) is 2. The zero-order valence-electron chi connectivity index (χ0n) is 14.8. The van der Waals surface area contributed by atoms with Gasteiger partial charge in [-0.3, -0.25) is 4.79 Å². The van der Waals surface area contributed by atoms with E-state index in [1.807, 2.05) is 18.3 Å². The summed E-state index contributed by atoms with van der Waals surface area (Å²) in [6.45, 7) is 8.48. The van der Waals surface area contributed by atoms with Crippen molar-refractivity contribution >= 4 is 48.0 Å². The van der Waals surface area contributed by atoms with Crippen LogP contribution in [0.5, 0.6) is 0 Å². The van der Waals surface area contributed by atoms with Gasteiger partial charge in [0.1, 0.15) is 13.5 Å². The Labute approximate surface area is 152 Å². The van der Waals surface area contributed by atoms with E-state index in [0.717, 1.165) is 36.2 Å².